The van der Waals surface area contributed by atoms with Crippen LogP contribution in [-0.2, 0) is 0 Å². The second kappa shape index (κ2) is 5.98. The minimum Gasteiger partial charge on any atom is -0.296 e. The molecular weight excluding hydrogens is 290 g/mol. The Bertz CT molecular complexity index is 432. The normalized spacial score (nSPS) is 25.1. The average molecular weight is 310 g/mol. The van der Waals surface area contributed by atoms with Crippen molar-refractivity contribution in [2.24, 2.45) is 11.8 Å². The summed E-state index contributed by atoms with van der Waals surface area (Å²) >= 11 is 3.44. The van der Waals surface area contributed by atoms with E-state index < -0.39 is 0 Å². The zero-order valence-electron chi connectivity index (χ0n) is 11.0. The molecule has 0 bridgehead atoms. The maximum atomic E-state index is 12.3. The number of Topliss-reactive ketones (excluding diaryl/α,β-unsaturated/α-hetero) is 1. The molecule has 2 atom stereocenters. The molecule has 1 aliphatic rings. The summed E-state index contributed by atoms with van der Waals surface area (Å²) in [5.74, 6) is 1.68. The van der Waals surface area contributed by atoms with Crippen molar-refractivity contribution >= 4 is 21.7 Å². The van der Waals surface area contributed by atoms with E-state index in [1.807, 2.05) is 24.3 Å². The lowest BCUT2D eigenvalue weighted by Crippen LogP contribution is -2.41. The molecule has 1 aromatic carbocycles. The highest BCUT2D eigenvalue weighted by Gasteiger charge is 2.24. The van der Waals surface area contributed by atoms with Gasteiger partial charge in [-0.05, 0) is 30.9 Å². The van der Waals surface area contributed by atoms with Crippen molar-refractivity contribution < 1.29 is 4.79 Å². The molecule has 0 N–H and O–H groups in total. The van der Waals surface area contributed by atoms with Crippen molar-refractivity contribution in [3.63, 3.8) is 0 Å². The smallest absolute Gasteiger partial charge is 0.177 e. The van der Waals surface area contributed by atoms with Crippen molar-refractivity contribution in [2.45, 2.75) is 20.3 Å². The molecule has 1 saturated heterocycles. The summed E-state index contributed by atoms with van der Waals surface area (Å²) in [6.45, 7) is 7.20. The Labute approximate surface area is 117 Å². The lowest BCUT2D eigenvalue weighted by Gasteiger charge is -2.34. The molecule has 98 valence electrons. The van der Waals surface area contributed by atoms with Gasteiger partial charge in [0.15, 0.2) is 5.78 Å². The number of benzene rings is 1. The van der Waals surface area contributed by atoms with Gasteiger partial charge in [-0.15, -0.1) is 0 Å². The molecule has 3 heteroatoms. The largest absolute Gasteiger partial charge is 0.296 e. The van der Waals surface area contributed by atoms with E-state index in [4.69, 9.17) is 0 Å². The minimum atomic E-state index is 0.212. The van der Waals surface area contributed by atoms with E-state index in [9.17, 15) is 4.79 Å². The van der Waals surface area contributed by atoms with Crippen LogP contribution >= 0.6 is 15.9 Å². The third-order valence-corrected chi connectivity index (χ3v) is 4.65. The van der Waals surface area contributed by atoms with E-state index in [0.717, 1.165) is 29.0 Å². The fourth-order valence-corrected chi connectivity index (χ4v) is 2.97. The summed E-state index contributed by atoms with van der Waals surface area (Å²) in [7, 11) is 0. The lowest BCUT2D eigenvalue weighted by molar-refractivity contribution is 0.0848. The molecule has 0 saturated carbocycles. The topological polar surface area (TPSA) is 20.3 Å². The van der Waals surface area contributed by atoms with E-state index in [1.165, 1.54) is 6.42 Å². The summed E-state index contributed by atoms with van der Waals surface area (Å²) in [6, 6.07) is 7.67. The number of rotatable bonds is 3. The van der Waals surface area contributed by atoms with Gasteiger partial charge in [-0.25, -0.2) is 0 Å². The summed E-state index contributed by atoms with van der Waals surface area (Å²) < 4.78 is 0.897. The Morgan fingerprint density at radius 1 is 1.33 bits per heavy atom. The van der Waals surface area contributed by atoms with Gasteiger partial charge < -0.3 is 0 Å². The highest BCUT2D eigenvalue weighted by Crippen LogP contribution is 2.23. The highest BCUT2D eigenvalue weighted by atomic mass is 79.9. The molecule has 2 unspecified atom stereocenters. The Morgan fingerprint density at radius 2 is 2.06 bits per heavy atom. The van der Waals surface area contributed by atoms with Crippen LogP contribution in [0.3, 0.4) is 0 Å². The first-order valence-corrected chi connectivity index (χ1v) is 7.37. The van der Waals surface area contributed by atoms with Crippen molar-refractivity contribution in [3.8, 4) is 0 Å². The van der Waals surface area contributed by atoms with Crippen molar-refractivity contribution in [1.82, 2.24) is 4.90 Å². The SMILES string of the molecule is CC1CCN(CC(=O)c2ccccc2Br)CC1C. The van der Waals surface area contributed by atoms with Gasteiger partial charge in [0, 0.05) is 16.6 Å². The number of carbonyl (C=O) groups excluding carboxylic acids is 1. The predicted octanol–water partition coefficient (Wildman–Crippen LogP) is 3.61. The molecule has 18 heavy (non-hydrogen) atoms. The quantitative estimate of drug-likeness (QED) is 0.795. The molecule has 0 aromatic heterocycles. The second-order valence-electron chi connectivity index (χ2n) is 5.38. The zero-order valence-corrected chi connectivity index (χ0v) is 12.6. The van der Waals surface area contributed by atoms with Crippen LogP contribution in [0.5, 0.6) is 0 Å². The molecule has 0 radical (unpaired) electrons. The molecule has 1 aromatic rings. The van der Waals surface area contributed by atoms with Crippen LogP contribution < -0.4 is 0 Å². The average Bonchev–Trinajstić information content (AvgIpc) is 2.34. The number of hydrogen-bond acceptors (Lipinski definition) is 2. The number of halogens is 1. The van der Waals surface area contributed by atoms with Gasteiger partial charge in [-0.3, -0.25) is 9.69 Å². The number of likely N-dealkylation sites (tertiary alicyclic amines) is 1. The molecule has 1 aliphatic heterocycles. The zero-order chi connectivity index (χ0) is 13.1. The lowest BCUT2D eigenvalue weighted by atomic mass is 9.88. The number of nitrogens with zero attached hydrogens (tertiary/aromatic N) is 1. The van der Waals surface area contributed by atoms with Crippen LogP contribution in [0.4, 0.5) is 0 Å². The van der Waals surface area contributed by atoms with E-state index in [2.05, 4.69) is 34.7 Å². The molecular formula is C15H20BrNO. The number of ketones is 1. The van der Waals surface area contributed by atoms with Gasteiger partial charge in [-0.1, -0.05) is 48.0 Å². The summed E-state index contributed by atoms with van der Waals surface area (Å²) in [4.78, 5) is 14.5. The monoisotopic (exact) mass is 309 g/mol. The van der Waals surface area contributed by atoms with Crippen LogP contribution in [0.25, 0.3) is 0 Å². The summed E-state index contributed by atoms with van der Waals surface area (Å²) in [5.41, 5.74) is 0.795. The van der Waals surface area contributed by atoms with E-state index in [0.29, 0.717) is 12.5 Å². The van der Waals surface area contributed by atoms with Crippen LogP contribution in [0.1, 0.15) is 30.6 Å². The first-order valence-electron chi connectivity index (χ1n) is 6.58. The molecule has 2 rings (SSSR count). The van der Waals surface area contributed by atoms with Gasteiger partial charge in [0.25, 0.3) is 0 Å². The Balaban J connectivity index is 1.98. The maximum Gasteiger partial charge on any atom is 0.177 e. The fraction of sp³-hybridized carbons (Fsp3) is 0.533. The first-order chi connectivity index (χ1) is 8.58. The standard InChI is InChI=1S/C15H20BrNO/c1-11-7-8-17(9-12(11)2)10-15(18)13-5-3-4-6-14(13)16/h3-6,11-12H,7-10H2,1-2H3. The second-order valence-corrected chi connectivity index (χ2v) is 6.24. The third-order valence-electron chi connectivity index (χ3n) is 3.96. The van der Waals surface area contributed by atoms with Crippen LogP contribution in [-0.4, -0.2) is 30.3 Å². The summed E-state index contributed by atoms with van der Waals surface area (Å²) in [6.07, 6.45) is 1.20. The third kappa shape index (κ3) is 3.21. The van der Waals surface area contributed by atoms with Crippen LogP contribution in [0, 0.1) is 11.8 Å². The maximum absolute atomic E-state index is 12.3. The number of hydrogen-bond donors (Lipinski definition) is 0. The van der Waals surface area contributed by atoms with Crippen LogP contribution in [0.2, 0.25) is 0 Å². The van der Waals surface area contributed by atoms with Crippen LogP contribution in [0.15, 0.2) is 28.7 Å². The predicted molar refractivity (Wildman–Crippen MR) is 77.9 cm³/mol. The van der Waals surface area contributed by atoms with E-state index in [-0.39, 0.29) is 5.78 Å². The van der Waals surface area contributed by atoms with Gasteiger partial charge in [0.1, 0.15) is 0 Å². The van der Waals surface area contributed by atoms with E-state index >= 15 is 0 Å². The van der Waals surface area contributed by atoms with Gasteiger partial charge in [0.2, 0.25) is 0 Å². The first kappa shape index (κ1) is 13.8. The van der Waals surface area contributed by atoms with Crippen molar-refractivity contribution in [3.05, 3.63) is 34.3 Å². The minimum absolute atomic E-state index is 0.212. The Morgan fingerprint density at radius 3 is 2.72 bits per heavy atom. The van der Waals surface area contributed by atoms with Gasteiger partial charge in [0.05, 0.1) is 6.54 Å². The fourth-order valence-electron chi connectivity index (χ4n) is 2.47. The Hall–Kier alpha value is -0.670. The number of piperidine rings is 1. The molecule has 2 nitrogen and oxygen atoms in total. The van der Waals surface area contributed by atoms with Gasteiger partial charge >= 0.3 is 0 Å². The van der Waals surface area contributed by atoms with E-state index in [1.54, 1.807) is 0 Å². The Kier molecular flexibility index (Phi) is 4.57. The molecule has 1 fully saturated rings. The van der Waals surface area contributed by atoms with Crippen molar-refractivity contribution in [1.29, 1.82) is 0 Å². The molecule has 0 spiro atoms. The molecule has 0 aliphatic carbocycles. The number of carbonyl (C=O) groups is 1. The highest BCUT2D eigenvalue weighted by molar-refractivity contribution is 9.10. The van der Waals surface area contributed by atoms with Crippen molar-refractivity contribution in [2.75, 3.05) is 19.6 Å². The molecule has 0 amide bonds. The van der Waals surface area contributed by atoms with Gasteiger partial charge in [-0.2, -0.15) is 0 Å². The summed E-state index contributed by atoms with van der Waals surface area (Å²) in [5, 5.41) is 0. The molecule has 1 heterocycles.